The quantitative estimate of drug-likeness (QED) is 0.802. The molecule has 3 rings (SSSR count). The van der Waals surface area contributed by atoms with Crippen LogP contribution in [-0.2, 0) is 9.59 Å². The number of hydrogen-bond acceptors (Lipinski definition) is 3. The van der Waals surface area contributed by atoms with E-state index in [0.717, 1.165) is 12.1 Å². The highest BCUT2D eigenvalue weighted by Crippen LogP contribution is 2.48. The third-order valence-corrected chi connectivity index (χ3v) is 5.06. The van der Waals surface area contributed by atoms with Crippen molar-refractivity contribution >= 4 is 17.6 Å². The number of carbonyl (C=O) groups is 2. The van der Waals surface area contributed by atoms with E-state index in [1.165, 1.54) is 11.1 Å². The van der Waals surface area contributed by atoms with E-state index in [0.29, 0.717) is 17.6 Å². The van der Waals surface area contributed by atoms with Crippen molar-refractivity contribution in [1.82, 2.24) is 0 Å². The highest BCUT2D eigenvalue weighted by Gasteiger charge is 2.45. The van der Waals surface area contributed by atoms with Gasteiger partial charge in [0.1, 0.15) is 5.75 Å². The van der Waals surface area contributed by atoms with Gasteiger partial charge < -0.3 is 14.7 Å². The highest BCUT2D eigenvalue weighted by molar-refractivity contribution is 5.97. The molecule has 0 aromatic heterocycles. The first-order valence-corrected chi connectivity index (χ1v) is 9.19. The van der Waals surface area contributed by atoms with E-state index in [9.17, 15) is 9.59 Å². The van der Waals surface area contributed by atoms with Gasteiger partial charge >= 0.3 is 5.97 Å². The lowest BCUT2D eigenvalue weighted by Gasteiger charge is -2.18. The Bertz CT molecular complexity index is 811. The van der Waals surface area contributed by atoms with Crippen LogP contribution in [-0.4, -0.2) is 30.6 Å². The molecule has 0 saturated heterocycles. The SMILES string of the molecule is CC(C)c1ccc(C2CC2C(=O)N(C)c2ccc(OCC(=O)O)cc2)cc1. The van der Waals surface area contributed by atoms with Crippen molar-refractivity contribution in [2.45, 2.75) is 32.1 Å². The number of benzene rings is 2. The molecule has 2 atom stereocenters. The fraction of sp³-hybridized carbons (Fsp3) is 0.364. The summed E-state index contributed by atoms with van der Waals surface area (Å²) in [5.74, 6) is 0.364. The lowest BCUT2D eigenvalue weighted by molar-refractivity contribution is -0.139. The zero-order chi connectivity index (χ0) is 19.6. The number of rotatable bonds is 7. The molecular formula is C22H25NO4. The molecule has 1 N–H and O–H groups in total. The van der Waals surface area contributed by atoms with Gasteiger partial charge in [0.05, 0.1) is 0 Å². The first kappa shape index (κ1) is 19.0. The van der Waals surface area contributed by atoms with Gasteiger partial charge in [-0.25, -0.2) is 4.79 Å². The zero-order valence-electron chi connectivity index (χ0n) is 15.9. The van der Waals surface area contributed by atoms with Gasteiger partial charge in [-0.3, -0.25) is 4.79 Å². The zero-order valence-corrected chi connectivity index (χ0v) is 15.9. The molecule has 27 heavy (non-hydrogen) atoms. The highest BCUT2D eigenvalue weighted by atomic mass is 16.5. The van der Waals surface area contributed by atoms with E-state index in [1.54, 1.807) is 36.2 Å². The van der Waals surface area contributed by atoms with Crippen LogP contribution in [0.1, 0.15) is 43.2 Å². The van der Waals surface area contributed by atoms with Crippen LogP contribution in [0.3, 0.4) is 0 Å². The topological polar surface area (TPSA) is 66.8 Å². The van der Waals surface area contributed by atoms with Crippen molar-refractivity contribution in [3.8, 4) is 5.75 Å². The second-order valence-corrected chi connectivity index (χ2v) is 7.34. The summed E-state index contributed by atoms with van der Waals surface area (Å²) in [6.07, 6.45) is 0.879. The molecule has 2 unspecified atom stereocenters. The van der Waals surface area contributed by atoms with Crippen LogP contribution < -0.4 is 9.64 Å². The minimum absolute atomic E-state index is 0.0165. The molecule has 0 aliphatic heterocycles. The van der Waals surface area contributed by atoms with Gasteiger partial charge in [0.15, 0.2) is 6.61 Å². The number of carboxylic acids is 1. The van der Waals surface area contributed by atoms with Crippen molar-refractivity contribution < 1.29 is 19.4 Å². The van der Waals surface area contributed by atoms with Gasteiger partial charge in [0.2, 0.25) is 5.91 Å². The van der Waals surface area contributed by atoms with Crippen molar-refractivity contribution in [2.75, 3.05) is 18.6 Å². The number of amides is 1. The summed E-state index contributed by atoms with van der Waals surface area (Å²) in [7, 11) is 1.77. The fourth-order valence-electron chi connectivity index (χ4n) is 3.25. The number of ether oxygens (including phenoxy) is 1. The van der Waals surface area contributed by atoms with Crippen molar-refractivity contribution in [3.05, 3.63) is 59.7 Å². The first-order chi connectivity index (χ1) is 12.9. The van der Waals surface area contributed by atoms with E-state index < -0.39 is 5.97 Å². The van der Waals surface area contributed by atoms with Gasteiger partial charge in [-0.05, 0) is 53.6 Å². The third kappa shape index (κ3) is 4.48. The van der Waals surface area contributed by atoms with Crippen LogP contribution in [0.15, 0.2) is 48.5 Å². The van der Waals surface area contributed by atoms with E-state index in [1.807, 2.05) is 0 Å². The second-order valence-electron chi connectivity index (χ2n) is 7.34. The molecular weight excluding hydrogens is 342 g/mol. The average molecular weight is 367 g/mol. The van der Waals surface area contributed by atoms with E-state index in [2.05, 4.69) is 38.1 Å². The Morgan fingerprint density at radius 3 is 2.30 bits per heavy atom. The molecule has 1 amide bonds. The Morgan fingerprint density at radius 2 is 1.74 bits per heavy atom. The second kappa shape index (κ2) is 7.82. The summed E-state index contributed by atoms with van der Waals surface area (Å²) in [6, 6.07) is 15.5. The van der Waals surface area contributed by atoms with Crippen LogP contribution in [0, 0.1) is 5.92 Å². The standard InChI is InChI=1S/C22H25NO4/c1-14(2)15-4-6-16(7-5-15)19-12-20(19)22(26)23(3)17-8-10-18(11-9-17)27-13-21(24)25/h4-11,14,19-20H,12-13H2,1-3H3,(H,24,25). The lowest BCUT2D eigenvalue weighted by atomic mass is 10.00. The Balaban J connectivity index is 1.60. The first-order valence-electron chi connectivity index (χ1n) is 9.19. The molecule has 1 aliphatic rings. The van der Waals surface area contributed by atoms with E-state index in [4.69, 9.17) is 9.84 Å². The number of aliphatic carboxylic acids is 1. The van der Waals surface area contributed by atoms with Gasteiger partial charge in [-0.15, -0.1) is 0 Å². The van der Waals surface area contributed by atoms with Crippen LogP contribution in [0.4, 0.5) is 5.69 Å². The Labute approximate surface area is 159 Å². The van der Waals surface area contributed by atoms with Crippen LogP contribution in [0.2, 0.25) is 0 Å². The number of anilines is 1. The average Bonchev–Trinajstić information content (AvgIpc) is 3.46. The number of nitrogens with zero attached hydrogens (tertiary/aromatic N) is 1. The van der Waals surface area contributed by atoms with Gasteiger partial charge in [-0.2, -0.15) is 0 Å². The number of carboxylic acid groups (broad SMARTS) is 1. The Kier molecular flexibility index (Phi) is 5.49. The summed E-state index contributed by atoms with van der Waals surface area (Å²) in [5.41, 5.74) is 3.30. The molecule has 142 valence electrons. The molecule has 1 fully saturated rings. The van der Waals surface area contributed by atoms with Crippen molar-refractivity contribution in [2.24, 2.45) is 5.92 Å². The normalized spacial score (nSPS) is 18.2. The minimum Gasteiger partial charge on any atom is -0.482 e. The Hall–Kier alpha value is -2.82. The lowest BCUT2D eigenvalue weighted by Crippen LogP contribution is -2.28. The molecule has 2 aromatic rings. The minimum atomic E-state index is -1.02. The van der Waals surface area contributed by atoms with Crippen LogP contribution >= 0.6 is 0 Å². The number of hydrogen-bond donors (Lipinski definition) is 1. The molecule has 2 aromatic carbocycles. The summed E-state index contributed by atoms with van der Waals surface area (Å²) < 4.78 is 5.12. The molecule has 1 saturated carbocycles. The largest absolute Gasteiger partial charge is 0.482 e. The maximum atomic E-state index is 12.8. The molecule has 5 nitrogen and oxygen atoms in total. The predicted molar refractivity (Wildman–Crippen MR) is 104 cm³/mol. The maximum Gasteiger partial charge on any atom is 0.341 e. The van der Waals surface area contributed by atoms with Gasteiger partial charge in [0, 0.05) is 18.7 Å². The van der Waals surface area contributed by atoms with Crippen molar-refractivity contribution in [3.63, 3.8) is 0 Å². The summed E-state index contributed by atoms with van der Waals surface area (Å²) in [5, 5.41) is 8.64. The smallest absolute Gasteiger partial charge is 0.341 e. The van der Waals surface area contributed by atoms with Gasteiger partial charge in [-0.1, -0.05) is 38.1 Å². The third-order valence-electron chi connectivity index (χ3n) is 5.06. The fourth-order valence-corrected chi connectivity index (χ4v) is 3.25. The van der Waals surface area contributed by atoms with Crippen LogP contribution in [0.5, 0.6) is 5.75 Å². The molecule has 0 spiro atoms. The van der Waals surface area contributed by atoms with Gasteiger partial charge in [0.25, 0.3) is 0 Å². The molecule has 0 heterocycles. The summed E-state index contributed by atoms with van der Waals surface area (Å²) >= 11 is 0. The Morgan fingerprint density at radius 1 is 1.11 bits per heavy atom. The summed E-state index contributed by atoms with van der Waals surface area (Å²) in [4.78, 5) is 25.0. The predicted octanol–water partition coefficient (Wildman–Crippen LogP) is 4.04. The van der Waals surface area contributed by atoms with Crippen LogP contribution in [0.25, 0.3) is 0 Å². The summed E-state index contributed by atoms with van der Waals surface area (Å²) in [6.45, 7) is 3.96. The molecule has 0 bridgehead atoms. The maximum absolute atomic E-state index is 12.8. The molecule has 1 aliphatic carbocycles. The van der Waals surface area contributed by atoms with E-state index >= 15 is 0 Å². The monoisotopic (exact) mass is 367 g/mol. The number of carbonyl (C=O) groups excluding carboxylic acids is 1. The van der Waals surface area contributed by atoms with Crippen molar-refractivity contribution in [1.29, 1.82) is 0 Å². The molecule has 5 heteroatoms. The van der Waals surface area contributed by atoms with E-state index in [-0.39, 0.29) is 18.4 Å². The molecule has 0 radical (unpaired) electrons.